The number of ether oxygens (including phenoxy) is 3. The van der Waals surface area contributed by atoms with Crippen LogP contribution in [0.1, 0.15) is 18.1 Å². The average molecular weight is 354 g/mol. The van der Waals surface area contributed by atoms with E-state index in [4.69, 9.17) is 19.5 Å². The van der Waals surface area contributed by atoms with Crippen molar-refractivity contribution in [1.82, 2.24) is 5.32 Å². The highest BCUT2D eigenvalue weighted by molar-refractivity contribution is 5.80. The van der Waals surface area contributed by atoms with Gasteiger partial charge < -0.3 is 19.5 Å². The van der Waals surface area contributed by atoms with Crippen molar-refractivity contribution in [3.8, 4) is 17.6 Å². The molecule has 0 saturated heterocycles. The predicted molar refractivity (Wildman–Crippen MR) is 96.9 cm³/mol. The van der Waals surface area contributed by atoms with E-state index in [9.17, 15) is 4.79 Å². The topological polar surface area (TPSA) is 80.6 Å². The van der Waals surface area contributed by atoms with Crippen molar-refractivity contribution in [2.45, 2.75) is 19.6 Å². The van der Waals surface area contributed by atoms with Crippen LogP contribution in [0.15, 0.2) is 48.5 Å². The lowest BCUT2D eigenvalue weighted by Gasteiger charge is -2.15. The second kappa shape index (κ2) is 10.1. The van der Waals surface area contributed by atoms with Crippen molar-refractivity contribution in [1.29, 1.82) is 5.26 Å². The molecule has 1 unspecified atom stereocenters. The highest BCUT2D eigenvalue weighted by atomic mass is 16.5. The Morgan fingerprint density at radius 3 is 2.62 bits per heavy atom. The largest absolute Gasteiger partial charge is 0.491 e. The summed E-state index contributed by atoms with van der Waals surface area (Å²) in [6.07, 6.45) is -0.649. The number of rotatable bonds is 9. The number of nitriles is 1. The molecular formula is C20H22N2O4. The summed E-state index contributed by atoms with van der Waals surface area (Å²) >= 11 is 0. The molecule has 26 heavy (non-hydrogen) atoms. The van der Waals surface area contributed by atoms with Crippen LogP contribution in [0.5, 0.6) is 11.5 Å². The maximum Gasteiger partial charge on any atom is 0.261 e. The summed E-state index contributed by atoms with van der Waals surface area (Å²) in [5, 5.41) is 11.6. The molecule has 0 bridgehead atoms. The van der Waals surface area contributed by atoms with Crippen molar-refractivity contribution in [3.05, 3.63) is 59.7 Å². The van der Waals surface area contributed by atoms with E-state index >= 15 is 0 Å². The molecule has 0 fully saturated rings. The molecule has 0 aliphatic rings. The fourth-order valence-electron chi connectivity index (χ4n) is 2.19. The molecule has 1 atom stereocenters. The van der Waals surface area contributed by atoms with Gasteiger partial charge in [-0.3, -0.25) is 4.79 Å². The number of benzene rings is 2. The minimum Gasteiger partial charge on any atom is -0.491 e. The van der Waals surface area contributed by atoms with Crippen LogP contribution in [0.3, 0.4) is 0 Å². The van der Waals surface area contributed by atoms with Crippen molar-refractivity contribution < 1.29 is 19.0 Å². The van der Waals surface area contributed by atoms with Crippen LogP contribution in [0.4, 0.5) is 0 Å². The van der Waals surface area contributed by atoms with E-state index in [1.807, 2.05) is 30.3 Å². The maximum atomic E-state index is 12.2. The third-order valence-electron chi connectivity index (χ3n) is 3.59. The minimum absolute atomic E-state index is 0.222. The molecule has 2 aromatic carbocycles. The molecule has 0 heterocycles. The van der Waals surface area contributed by atoms with E-state index in [-0.39, 0.29) is 5.91 Å². The Kier molecular flexibility index (Phi) is 7.47. The van der Waals surface area contributed by atoms with E-state index in [0.29, 0.717) is 31.1 Å². The second-order valence-corrected chi connectivity index (χ2v) is 5.60. The van der Waals surface area contributed by atoms with Gasteiger partial charge in [0.05, 0.1) is 18.2 Å². The van der Waals surface area contributed by atoms with Gasteiger partial charge in [-0.15, -0.1) is 0 Å². The molecule has 136 valence electrons. The predicted octanol–water partition coefficient (Wildman–Crippen LogP) is 2.67. The van der Waals surface area contributed by atoms with E-state index < -0.39 is 6.10 Å². The van der Waals surface area contributed by atoms with Crippen molar-refractivity contribution in [2.24, 2.45) is 0 Å². The van der Waals surface area contributed by atoms with E-state index in [1.54, 1.807) is 38.3 Å². The number of hydrogen-bond donors (Lipinski definition) is 1. The molecule has 2 aromatic rings. The van der Waals surface area contributed by atoms with Gasteiger partial charge in [0.15, 0.2) is 6.10 Å². The Bertz CT molecular complexity index is 753. The fourth-order valence-corrected chi connectivity index (χ4v) is 2.19. The summed E-state index contributed by atoms with van der Waals surface area (Å²) in [5.74, 6) is 1.05. The standard InChI is InChI=1S/C20H22N2O4/c1-15(26-18-8-6-16(13-21)7-9-18)20(23)22-14-17-4-3-5-19(12-17)25-11-10-24-2/h3-9,12,15H,10-11,14H2,1-2H3,(H,22,23). The quantitative estimate of drug-likeness (QED) is 0.700. The minimum atomic E-state index is -0.649. The zero-order valence-electron chi connectivity index (χ0n) is 14.9. The van der Waals surface area contributed by atoms with E-state index in [1.165, 1.54) is 0 Å². The molecule has 0 aliphatic heterocycles. The normalized spacial score (nSPS) is 11.3. The lowest BCUT2D eigenvalue weighted by molar-refractivity contribution is -0.127. The van der Waals surface area contributed by atoms with Crippen LogP contribution < -0.4 is 14.8 Å². The average Bonchev–Trinajstić information content (AvgIpc) is 2.67. The Balaban J connectivity index is 1.83. The van der Waals surface area contributed by atoms with Crippen LogP contribution in [-0.2, 0) is 16.1 Å². The van der Waals surface area contributed by atoms with Crippen LogP contribution in [-0.4, -0.2) is 32.3 Å². The van der Waals surface area contributed by atoms with Gasteiger partial charge in [-0.2, -0.15) is 5.26 Å². The Morgan fingerprint density at radius 1 is 1.15 bits per heavy atom. The van der Waals surface area contributed by atoms with E-state index in [2.05, 4.69) is 5.32 Å². The van der Waals surface area contributed by atoms with Gasteiger partial charge in [0, 0.05) is 13.7 Å². The van der Waals surface area contributed by atoms with Crippen molar-refractivity contribution >= 4 is 5.91 Å². The number of amides is 1. The molecule has 0 saturated carbocycles. The number of carbonyl (C=O) groups is 1. The molecular weight excluding hydrogens is 332 g/mol. The van der Waals surface area contributed by atoms with Crippen LogP contribution in [0.25, 0.3) is 0 Å². The Morgan fingerprint density at radius 2 is 1.92 bits per heavy atom. The molecule has 0 radical (unpaired) electrons. The number of nitrogens with one attached hydrogen (secondary N) is 1. The Labute approximate surface area is 153 Å². The number of nitrogens with zero attached hydrogens (tertiary/aromatic N) is 1. The van der Waals surface area contributed by atoms with Gasteiger partial charge >= 0.3 is 0 Å². The molecule has 1 N–H and O–H groups in total. The van der Waals surface area contributed by atoms with Gasteiger partial charge in [-0.05, 0) is 48.9 Å². The third kappa shape index (κ3) is 6.11. The lowest BCUT2D eigenvalue weighted by atomic mass is 10.2. The summed E-state index contributed by atoms with van der Waals surface area (Å²) in [4.78, 5) is 12.2. The van der Waals surface area contributed by atoms with Crippen molar-refractivity contribution in [3.63, 3.8) is 0 Å². The molecule has 6 nitrogen and oxygen atoms in total. The van der Waals surface area contributed by atoms with E-state index in [0.717, 1.165) is 11.3 Å². The molecule has 1 amide bonds. The maximum absolute atomic E-state index is 12.2. The highest BCUT2D eigenvalue weighted by Gasteiger charge is 2.14. The van der Waals surface area contributed by atoms with Crippen LogP contribution in [0, 0.1) is 11.3 Å². The smallest absolute Gasteiger partial charge is 0.261 e. The van der Waals surface area contributed by atoms with Crippen molar-refractivity contribution in [2.75, 3.05) is 20.3 Å². The summed E-state index contributed by atoms with van der Waals surface area (Å²) in [6.45, 7) is 3.05. The summed E-state index contributed by atoms with van der Waals surface area (Å²) in [7, 11) is 1.62. The van der Waals surface area contributed by atoms with Gasteiger partial charge in [-0.25, -0.2) is 0 Å². The number of methoxy groups -OCH3 is 1. The summed E-state index contributed by atoms with van der Waals surface area (Å²) in [5.41, 5.74) is 1.47. The summed E-state index contributed by atoms with van der Waals surface area (Å²) in [6, 6.07) is 16.2. The molecule has 0 aromatic heterocycles. The number of carbonyl (C=O) groups excluding carboxylic acids is 1. The molecule has 2 rings (SSSR count). The van der Waals surface area contributed by atoms with Gasteiger partial charge in [-0.1, -0.05) is 12.1 Å². The molecule has 6 heteroatoms. The Hall–Kier alpha value is -3.04. The SMILES string of the molecule is COCCOc1cccc(CNC(=O)C(C)Oc2ccc(C#N)cc2)c1. The lowest BCUT2D eigenvalue weighted by Crippen LogP contribution is -2.35. The highest BCUT2D eigenvalue weighted by Crippen LogP contribution is 2.15. The first-order valence-electron chi connectivity index (χ1n) is 8.27. The zero-order chi connectivity index (χ0) is 18.8. The molecule has 0 spiro atoms. The second-order valence-electron chi connectivity index (χ2n) is 5.60. The monoisotopic (exact) mass is 354 g/mol. The van der Waals surface area contributed by atoms with Crippen LogP contribution >= 0.6 is 0 Å². The third-order valence-corrected chi connectivity index (χ3v) is 3.59. The number of hydrogen-bond acceptors (Lipinski definition) is 5. The van der Waals surface area contributed by atoms with Gasteiger partial charge in [0.2, 0.25) is 0 Å². The first-order valence-corrected chi connectivity index (χ1v) is 8.27. The van der Waals surface area contributed by atoms with Gasteiger partial charge in [0.25, 0.3) is 5.91 Å². The fraction of sp³-hybridized carbons (Fsp3) is 0.300. The summed E-state index contributed by atoms with van der Waals surface area (Å²) < 4.78 is 16.1. The van der Waals surface area contributed by atoms with Gasteiger partial charge in [0.1, 0.15) is 18.1 Å². The first kappa shape index (κ1) is 19.3. The zero-order valence-corrected chi connectivity index (χ0v) is 14.9. The van der Waals surface area contributed by atoms with Crippen LogP contribution in [0.2, 0.25) is 0 Å². The molecule has 0 aliphatic carbocycles. The first-order chi connectivity index (χ1) is 12.6.